The number of aliphatic hydroxyl groups excluding tert-OH is 1. The van der Waals surface area contributed by atoms with Crippen LogP contribution in [-0.4, -0.2) is 117 Å². The summed E-state index contributed by atoms with van der Waals surface area (Å²) in [4.78, 5) is 66.9. The summed E-state index contributed by atoms with van der Waals surface area (Å²) in [5.41, 5.74) is 1.90. The number of anilines is 1. The zero-order valence-electron chi connectivity index (χ0n) is 32.8. The largest absolute Gasteiger partial charge is 0.756 e. The van der Waals surface area contributed by atoms with Gasteiger partial charge in [-0.2, -0.15) is 19.2 Å². The normalized spacial score (nSPS) is 20.8. The van der Waals surface area contributed by atoms with Gasteiger partial charge in [-0.05, 0) is 58.4 Å². The lowest BCUT2D eigenvalue weighted by molar-refractivity contribution is -0.227. The summed E-state index contributed by atoms with van der Waals surface area (Å²) in [7, 11) is -2.23. The second-order valence-electron chi connectivity index (χ2n) is 14.4. The lowest BCUT2D eigenvalue weighted by Crippen LogP contribution is -2.53. The number of aliphatic hydroxyl groups is 1. The minimum absolute atomic E-state index is 0.0799. The molecule has 2 aliphatic heterocycles. The maximum atomic E-state index is 16.1. The summed E-state index contributed by atoms with van der Waals surface area (Å²) in [5.74, 6) is -0.943. The van der Waals surface area contributed by atoms with Crippen LogP contribution >= 0.6 is 7.82 Å². The van der Waals surface area contributed by atoms with E-state index in [0.717, 1.165) is 17.0 Å². The van der Waals surface area contributed by atoms with Crippen LogP contribution in [0.4, 0.5) is 29.7 Å². The molecule has 2 N–H and O–H groups in total. The van der Waals surface area contributed by atoms with Crippen LogP contribution < -0.4 is 14.4 Å². The van der Waals surface area contributed by atoms with Crippen LogP contribution in [0.25, 0.3) is 45.3 Å². The average molecular weight is 877 g/mol. The third-order valence-corrected chi connectivity index (χ3v) is 10.4. The van der Waals surface area contributed by atoms with E-state index in [1.165, 1.54) is 53.2 Å². The van der Waals surface area contributed by atoms with E-state index in [-0.39, 0.29) is 34.9 Å². The van der Waals surface area contributed by atoms with Gasteiger partial charge in [0.25, 0.3) is 7.82 Å². The van der Waals surface area contributed by atoms with Crippen molar-refractivity contribution in [3.8, 4) is 45.3 Å². The fourth-order valence-electron chi connectivity index (χ4n) is 6.98. The zero-order valence-corrected chi connectivity index (χ0v) is 33.7. The van der Waals surface area contributed by atoms with E-state index in [9.17, 15) is 29.0 Å². The van der Waals surface area contributed by atoms with Gasteiger partial charge in [0.1, 0.15) is 35.7 Å². The minimum atomic E-state index is -5.43. The first-order valence-electron chi connectivity index (χ1n) is 18.7. The van der Waals surface area contributed by atoms with E-state index >= 15 is 8.78 Å². The van der Waals surface area contributed by atoms with E-state index in [4.69, 9.17) is 18.8 Å². The second-order valence-corrected chi connectivity index (χ2v) is 15.5. The van der Waals surface area contributed by atoms with Crippen molar-refractivity contribution in [1.82, 2.24) is 55.0 Å². The van der Waals surface area contributed by atoms with Crippen molar-refractivity contribution in [2.24, 2.45) is 14.1 Å². The molecule has 6 heterocycles. The molecule has 2 saturated heterocycles. The standard InChI is InChI=1S/C37H35F2N12O10P/c1-20(52)12-32(61-62(55,56)57)33-18-51(37(54)60-33,24-7-9-27(29(39)14-24)22-5-11-31(41-16-22)35-43-47-49(3)45-35)58-19-25-17-50(36(53)59-25)23-6-8-26(28(38)13-23)21-4-10-30(40-15-21)34-42-46-48(2)44-34/h4-11,13-16,20,25,32-33,52H,12,17-19H2,1-3H3,(H-,55,56,57)/t20?,25-,32?,33-,51?/m1/s1. The first kappa shape index (κ1) is 42.2. The molecule has 322 valence electrons. The lowest BCUT2D eigenvalue weighted by Gasteiger charge is -2.29. The Labute approximate surface area is 349 Å². The maximum Gasteiger partial charge on any atom is 0.555 e. The smallest absolute Gasteiger partial charge is 0.555 e. The lowest BCUT2D eigenvalue weighted by atomic mass is 10.0. The quantitative estimate of drug-likeness (QED) is 0.118. The summed E-state index contributed by atoms with van der Waals surface area (Å²) in [6.45, 7) is 0.108. The number of carbonyl (C=O) groups excluding carboxylic acids is 2. The molecule has 0 saturated carbocycles. The highest BCUT2D eigenvalue weighted by Crippen LogP contribution is 2.41. The average Bonchev–Trinajstić information content (AvgIpc) is 4.03. The van der Waals surface area contributed by atoms with E-state index in [1.807, 2.05) is 0 Å². The van der Waals surface area contributed by atoms with Gasteiger partial charge in [-0.1, -0.05) is 12.1 Å². The molecule has 62 heavy (non-hydrogen) atoms. The van der Waals surface area contributed by atoms with Crippen molar-refractivity contribution in [1.29, 1.82) is 0 Å². The fourth-order valence-corrected chi connectivity index (χ4v) is 7.54. The van der Waals surface area contributed by atoms with E-state index in [1.54, 1.807) is 38.4 Å². The number of amides is 2. The number of rotatable bonds is 14. The van der Waals surface area contributed by atoms with Gasteiger partial charge in [-0.25, -0.2) is 13.6 Å². The molecule has 6 atom stereocenters. The van der Waals surface area contributed by atoms with Crippen LogP contribution in [-0.2, 0) is 37.5 Å². The van der Waals surface area contributed by atoms with Gasteiger partial charge >= 0.3 is 12.2 Å². The molecule has 0 spiro atoms. The molecule has 2 amide bonds. The van der Waals surface area contributed by atoms with Crippen molar-refractivity contribution in [3.63, 3.8) is 0 Å². The van der Waals surface area contributed by atoms with Gasteiger partial charge in [0.05, 0.1) is 32.4 Å². The minimum Gasteiger partial charge on any atom is -0.756 e. The molecule has 2 aliphatic rings. The number of hydrogen-bond donors (Lipinski definition) is 2. The number of aromatic nitrogens is 10. The van der Waals surface area contributed by atoms with Gasteiger partial charge in [0.2, 0.25) is 11.6 Å². The second kappa shape index (κ2) is 16.7. The summed E-state index contributed by atoms with van der Waals surface area (Å²) >= 11 is 0. The number of hydroxylamine groups is 2. The number of cyclic esters (lactones) is 2. The summed E-state index contributed by atoms with van der Waals surface area (Å²) in [6.07, 6.45) is -4.85. The van der Waals surface area contributed by atoms with Crippen LogP contribution in [0.1, 0.15) is 13.3 Å². The molecule has 6 aromatic rings. The fraction of sp³-hybridized carbons (Fsp3) is 0.297. The predicted octanol–water partition coefficient (Wildman–Crippen LogP) is 2.87. The Morgan fingerprint density at radius 2 is 1.50 bits per heavy atom. The molecule has 0 bridgehead atoms. The Morgan fingerprint density at radius 1 is 0.903 bits per heavy atom. The van der Waals surface area contributed by atoms with Gasteiger partial charge in [0, 0.05) is 53.2 Å². The summed E-state index contributed by atoms with van der Waals surface area (Å²) in [6, 6.07) is 14.3. The number of ether oxygens (including phenoxy) is 2. The van der Waals surface area contributed by atoms with Crippen molar-refractivity contribution in [3.05, 3.63) is 84.7 Å². The number of hydrogen-bond acceptors (Lipinski definition) is 17. The molecule has 0 aliphatic carbocycles. The predicted molar refractivity (Wildman–Crippen MR) is 206 cm³/mol. The van der Waals surface area contributed by atoms with Crippen LogP contribution in [0.15, 0.2) is 73.1 Å². The van der Waals surface area contributed by atoms with E-state index in [2.05, 4.69) is 40.8 Å². The SMILES string of the molecule is CC(O)CC(OP(=O)([O-])O)[C@H]1C[N+](OC[C@H]2CN(c3ccc(-c4ccc(-c5nnn(C)n5)nc4)c(F)c3)C(=O)O2)(c2ccc(-c3ccc(-c4nnn(C)n4)nc3)c(F)c2)C(=O)O1. The Morgan fingerprint density at radius 3 is 2.00 bits per heavy atom. The van der Waals surface area contributed by atoms with Crippen LogP contribution in [0, 0.1) is 11.6 Å². The number of benzene rings is 2. The third kappa shape index (κ3) is 8.78. The van der Waals surface area contributed by atoms with Crippen LogP contribution in [0.3, 0.4) is 0 Å². The molecular weight excluding hydrogens is 841 g/mol. The first-order valence-corrected chi connectivity index (χ1v) is 20.2. The van der Waals surface area contributed by atoms with E-state index in [0.29, 0.717) is 28.3 Å². The Kier molecular flexibility index (Phi) is 11.4. The third-order valence-electron chi connectivity index (χ3n) is 9.85. The molecule has 25 heteroatoms. The molecule has 2 aromatic carbocycles. The van der Waals surface area contributed by atoms with Crippen molar-refractivity contribution < 1.29 is 56.7 Å². The van der Waals surface area contributed by atoms with Crippen LogP contribution in [0.5, 0.6) is 0 Å². The number of pyridine rings is 2. The van der Waals surface area contributed by atoms with Crippen molar-refractivity contribution in [2.75, 3.05) is 24.6 Å². The number of halogens is 2. The molecule has 4 aromatic heterocycles. The molecular formula is C37H35F2N12O10P. The number of nitrogens with zero attached hydrogens (tertiary/aromatic N) is 12. The molecule has 4 unspecified atom stereocenters. The van der Waals surface area contributed by atoms with E-state index < -0.39 is 80.3 Å². The molecule has 22 nitrogen and oxygen atoms in total. The number of aryl methyl sites for hydroxylation is 2. The van der Waals surface area contributed by atoms with Crippen LogP contribution in [0.2, 0.25) is 0 Å². The Bertz CT molecular complexity index is 2680. The van der Waals surface area contributed by atoms with Crippen molar-refractivity contribution in [2.45, 2.75) is 37.8 Å². The number of tetrazole rings is 2. The number of carbonyl (C=O) groups is 2. The maximum absolute atomic E-state index is 16.1. The Balaban J connectivity index is 1.03. The molecule has 2 fully saturated rings. The summed E-state index contributed by atoms with van der Waals surface area (Å²) in [5, 5.41) is 33.7. The highest BCUT2D eigenvalue weighted by molar-refractivity contribution is 7.44. The van der Waals surface area contributed by atoms with Gasteiger partial charge in [-0.15, -0.1) is 20.4 Å². The highest BCUT2D eigenvalue weighted by atomic mass is 31.2. The van der Waals surface area contributed by atoms with Gasteiger partial charge in [-0.3, -0.25) is 19.4 Å². The number of phosphoric acid groups is 1. The number of quaternary nitrogens is 1. The topological polar surface area (TPSA) is 268 Å². The van der Waals surface area contributed by atoms with Gasteiger partial charge in [0.15, 0.2) is 24.4 Å². The number of phosphoric ester groups is 1. The summed E-state index contributed by atoms with van der Waals surface area (Å²) < 4.78 is 58.2. The monoisotopic (exact) mass is 876 g/mol. The zero-order chi connectivity index (χ0) is 43.9. The Hall–Kier alpha value is -6.53. The highest BCUT2D eigenvalue weighted by Gasteiger charge is 2.58. The van der Waals surface area contributed by atoms with Crippen molar-refractivity contribution >= 4 is 31.4 Å². The molecule has 8 rings (SSSR count). The molecule has 0 radical (unpaired) electrons. The first-order chi connectivity index (χ1) is 29.5. The van der Waals surface area contributed by atoms with Gasteiger partial charge < -0.3 is 28.9 Å².